The van der Waals surface area contributed by atoms with E-state index in [-0.39, 0.29) is 23.2 Å². The van der Waals surface area contributed by atoms with Crippen molar-refractivity contribution in [1.82, 2.24) is 24.5 Å². The lowest BCUT2D eigenvalue weighted by atomic mass is 10.0. The second kappa shape index (κ2) is 5.85. The smallest absolute Gasteiger partial charge is 0.297 e. The number of aromatic amines is 1. The second-order valence-corrected chi connectivity index (χ2v) is 5.64. The van der Waals surface area contributed by atoms with Crippen molar-refractivity contribution in [2.24, 2.45) is 0 Å². The highest BCUT2D eigenvalue weighted by molar-refractivity contribution is 6.30. The summed E-state index contributed by atoms with van der Waals surface area (Å²) in [6.07, 6.45) is 7.33. The Morgan fingerprint density at radius 2 is 2.05 bits per heavy atom. The highest BCUT2D eigenvalue weighted by atomic mass is 35.5. The molecule has 1 fully saturated rings. The van der Waals surface area contributed by atoms with Crippen molar-refractivity contribution in [3.63, 3.8) is 0 Å². The summed E-state index contributed by atoms with van der Waals surface area (Å²) >= 11 is 6.09. The maximum Gasteiger partial charge on any atom is 0.329 e. The maximum absolute atomic E-state index is 12.6. The zero-order chi connectivity index (χ0) is 14.8. The van der Waals surface area contributed by atoms with Crippen molar-refractivity contribution in [3.05, 3.63) is 43.9 Å². The van der Waals surface area contributed by atoms with Crippen molar-refractivity contribution < 1.29 is 0 Å². The number of nitrogens with one attached hydrogen (secondary N) is 1. The summed E-state index contributed by atoms with van der Waals surface area (Å²) in [6, 6.07) is 0. The lowest BCUT2D eigenvalue weighted by Crippen LogP contribution is -2.39. The molecule has 21 heavy (non-hydrogen) atoms. The summed E-state index contributed by atoms with van der Waals surface area (Å²) in [7, 11) is 0. The van der Waals surface area contributed by atoms with E-state index in [1.54, 1.807) is 17.1 Å². The molecule has 2 heterocycles. The number of hydrogen-bond donors (Lipinski definition) is 1. The summed E-state index contributed by atoms with van der Waals surface area (Å²) in [6.45, 7) is 0.656. The van der Waals surface area contributed by atoms with Crippen LogP contribution in [0.5, 0.6) is 0 Å². The molecular weight excluding hydrogens is 294 g/mol. The molecule has 0 spiro atoms. The van der Waals surface area contributed by atoms with Gasteiger partial charge in [-0.3, -0.25) is 19.0 Å². The molecule has 2 aromatic heterocycles. The van der Waals surface area contributed by atoms with E-state index in [0.717, 1.165) is 25.7 Å². The van der Waals surface area contributed by atoms with Gasteiger partial charge in [0.15, 0.2) is 0 Å². The molecule has 0 unspecified atom stereocenters. The van der Waals surface area contributed by atoms with Crippen molar-refractivity contribution in [1.29, 1.82) is 0 Å². The van der Waals surface area contributed by atoms with E-state index in [4.69, 9.17) is 11.6 Å². The van der Waals surface area contributed by atoms with Crippen LogP contribution in [-0.4, -0.2) is 24.5 Å². The van der Waals surface area contributed by atoms with Gasteiger partial charge in [-0.15, -0.1) is 5.10 Å². The summed E-state index contributed by atoms with van der Waals surface area (Å²) in [5.41, 5.74) is -0.213. The van der Waals surface area contributed by atoms with Gasteiger partial charge >= 0.3 is 5.69 Å². The molecular formula is C13H16ClN5O2. The lowest BCUT2D eigenvalue weighted by Gasteiger charge is -2.13. The second-order valence-electron chi connectivity index (χ2n) is 5.26. The number of aromatic nitrogens is 5. The molecule has 8 heteroatoms. The quantitative estimate of drug-likeness (QED) is 0.858. The van der Waals surface area contributed by atoms with Crippen LogP contribution < -0.4 is 11.2 Å². The number of H-pyrrole nitrogens is 1. The Labute approximate surface area is 125 Å². The van der Waals surface area contributed by atoms with Gasteiger partial charge in [-0.1, -0.05) is 29.7 Å². The van der Waals surface area contributed by atoms with Gasteiger partial charge in [-0.25, -0.2) is 4.79 Å². The van der Waals surface area contributed by atoms with Gasteiger partial charge in [-0.2, -0.15) is 0 Å². The van der Waals surface area contributed by atoms with E-state index in [1.807, 2.05) is 0 Å². The van der Waals surface area contributed by atoms with Gasteiger partial charge in [0.1, 0.15) is 5.15 Å². The van der Waals surface area contributed by atoms with E-state index in [9.17, 15) is 9.59 Å². The zero-order valence-electron chi connectivity index (χ0n) is 11.5. The third-order valence-electron chi connectivity index (χ3n) is 3.96. The standard InChI is InChI=1S/C13H16ClN5O2/c14-11-10(9-3-1-2-4-9)12(20)19(13(21)16-11)8-7-18-6-5-15-17-18/h5-6,9H,1-4,7-8H2,(H,16,21). The van der Waals surface area contributed by atoms with E-state index < -0.39 is 5.69 Å². The minimum Gasteiger partial charge on any atom is -0.297 e. The molecule has 3 rings (SSSR count). The average Bonchev–Trinajstić information content (AvgIpc) is 3.10. The monoisotopic (exact) mass is 309 g/mol. The molecule has 0 radical (unpaired) electrons. The molecule has 0 saturated heterocycles. The summed E-state index contributed by atoms with van der Waals surface area (Å²) in [4.78, 5) is 27.1. The third-order valence-corrected chi connectivity index (χ3v) is 4.26. The van der Waals surface area contributed by atoms with Crippen molar-refractivity contribution in [2.75, 3.05) is 0 Å². The number of halogens is 1. The molecule has 1 aliphatic rings. The topological polar surface area (TPSA) is 85.6 Å². The van der Waals surface area contributed by atoms with Gasteiger partial charge in [0.05, 0.1) is 24.8 Å². The largest absolute Gasteiger partial charge is 0.329 e. The normalized spacial score (nSPS) is 15.7. The predicted molar refractivity (Wildman–Crippen MR) is 77.6 cm³/mol. The molecule has 0 aromatic carbocycles. The minimum atomic E-state index is -0.480. The molecule has 1 saturated carbocycles. The average molecular weight is 310 g/mol. The van der Waals surface area contributed by atoms with Crippen LogP contribution in [0.2, 0.25) is 5.15 Å². The SMILES string of the molecule is O=c1[nH]c(Cl)c(C2CCCC2)c(=O)n1CCn1ccnn1. The Balaban J connectivity index is 1.94. The first-order valence-electron chi connectivity index (χ1n) is 7.03. The van der Waals surface area contributed by atoms with Gasteiger partial charge in [0, 0.05) is 6.20 Å². The van der Waals surface area contributed by atoms with Crippen LogP contribution in [0.15, 0.2) is 22.0 Å². The third kappa shape index (κ3) is 2.78. The number of aryl methyl sites for hydroxylation is 1. The molecule has 0 bridgehead atoms. The van der Waals surface area contributed by atoms with Crippen molar-refractivity contribution >= 4 is 11.6 Å². The fourth-order valence-corrected chi connectivity index (χ4v) is 3.20. The van der Waals surface area contributed by atoms with Crippen molar-refractivity contribution in [2.45, 2.75) is 44.7 Å². The van der Waals surface area contributed by atoms with Gasteiger partial charge < -0.3 is 0 Å². The Morgan fingerprint density at radius 1 is 1.29 bits per heavy atom. The van der Waals surface area contributed by atoms with Crippen LogP contribution in [0.1, 0.15) is 37.2 Å². The van der Waals surface area contributed by atoms with Crippen LogP contribution in [-0.2, 0) is 13.1 Å². The fraction of sp³-hybridized carbons (Fsp3) is 0.538. The molecule has 1 N–H and O–H groups in total. The number of rotatable bonds is 4. The Kier molecular flexibility index (Phi) is 3.92. The molecule has 0 aliphatic heterocycles. The highest BCUT2D eigenvalue weighted by Crippen LogP contribution is 2.34. The van der Waals surface area contributed by atoms with Gasteiger partial charge in [-0.05, 0) is 18.8 Å². The van der Waals surface area contributed by atoms with Crippen LogP contribution in [0.3, 0.4) is 0 Å². The summed E-state index contributed by atoms with van der Waals surface area (Å²) < 4.78 is 2.77. The van der Waals surface area contributed by atoms with Crippen LogP contribution in [0.4, 0.5) is 0 Å². The Morgan fingerprint density at radius 3 is 2.71 bits per heavy atom. The van der Waals surface area contributed by atoms with E-state index in [0.29, 0.717) is 12.1 Å². The first-order valence-corrected chi connectivity index (χ1v) is 7.41. The first kappa shape index (κ1) is 14.1. The van der Waals surface area contributed by atoms with Crippen LogP contribution >= 0.6 is 11.6 Å². The number of hydrogen-bond acceptors (Lipinski definition) is 4. The Bertz CT molecular complexity index is 728. The van der Waals surface area contributed by atoms with Crippen molar-refractivity contribution in [3.8, 4) is 0 Å². The number of nitrogens with zero attached hydrogens (tertiary/aromatic N) is 4. The lowest BCUT2D eigenvalue weighted by molar-refractivity contribution is 0.491. The van der Waals surface area contributed by atoms with Gasteiger partial charge in [0.2, 0.25) is 0 Å². The van der Waals surface area contributed by atoms with E-state index in [2.05, 4.69) is 15.3 Å². The molecule has 112 valence electrons. The molecule has 7 nitrogen and oxygen atoms in total. The van der Waals surface area contributed by atoms with Crippen LogP contribution in [0.25, 0.3) is 0 Å². The minimum absolute atomic E-state index is 0.152. The molecule has 0 atom stereocenters. The fourth-order valence-electron chi connectivity index (χ4n) is 2.89. The predicted octanol–water partition coefficient (Wildman–Crippen LogP) is 1.14. The molecule has 0 amide bonds. The summed E-state index contributed by atoms with van der Waals surface area (Å²) in [5.74, 6) is 0.152. The first-order chi connectivity index (χ1) is 10.2. The molecule has 2 aromatic rings. The van der Waals surface area contributed by atoms with Gasteiger partial charge in [0.25, 0.3) is 5.56 Å². The zero-order valence-corrected chi connectivity index (χ0v) is 12.2. The maximum atomic E-state index is 12.6. The highest BCUT2D eigenvalue weighted by Gasteiger charge is 2.24. The van der Waals surface area contributed by atoms with E-state index >= 15 is 0 Å². The van der Waals surface area contributed by atoms with Crippen LogP contribution in [0, 0.1) is 0 Å². The van der Waals surface area contributed by atoms with E-state index in [1.165, 1.54) is 4.57 Å². The molecule has 1 aliphatic carbocycles. The summed E-state index contributed by atoms with van der Waals surface area (Å²) in [5, 5.41) is 7.70. The Hall–Kier alpha value is -1.89.